The van der Waals surface area contributed by atoms with Crippen LogP contribution >= 0.6 is 0 Å². The SMILES string of the molecule is CC(CC(N)=NO)N(C)CCCS(C)(=O)=O. The summed E-state index contributed by atoms with van der Waals surface area (Å²) in [6, 6.07) is 0.121. The van der Waals surface area contributed by atoms with Crippen LogP contribution in [-0.4, -0.2) is 56.0 Å². The van der Waals surface area contributed by atoms with E-state index in [4.69, 9.17) is 10.9 Å². The van der Waals surface area contributed by atoms with Crippen LogP contribution in [-0.2, 0) is 9.84 Å². The molecule has 0 aliphatic rings. The Labute approximate surface area is 97.0 Å². The Hall–Kier alpha value is -0.820. The average molecular weight is 251 g/mol. The molecule has 0 fully saturated rings. The van der Waals surface area contributed by atoms with E-state index in [0.29, 0.717) is 19.4 Å². The topological polar surface area (TPSA) is 96.0 Å². The lowest BCUT2D eigenvalue weighted by Crippen LogP contribution is -2.34. The predicted octanol–water partition coefficient (Wildman–Crippen LogP) is -0.122. The van der Waals surface area contributed by atoms with Crippen LogP contribution in [0.25, 0.3) is 0 Å². The summed E-state index contributed by atoms with van der Waals surface area (Å²) in [4.78, 5) is 1.99. The highest BCUT2D eigenvalue weighted by atomic mass is 32.2. The normalized spacial score (nSPS) is 15.4. The Morgan fingerprint density at radius 1 is 1.56 bits per heavy atom. The number of sulfone groups is 1. The molecule has 1 atom stereocenters. The standard InChI is InChI=1S/C9H21N3O3S/c1-8(7-9(10)11-13)12(2)5-4-6-16(3,14)15/h8,13H,4-7H2,1-3H3,(H2,10,11). The molecule has 0 heterocycles. The maximum atomic E-state index is 10.9. The van der Waals surface area contributed by atoms with Crippen LogP contribution in [0.3, 0.4) is 0 Å². The number of hydrogen-bond acceptors (Lipinski definition) is 5. The molecule has 0 saturated carbocycles. The van der Waals surface area contributed by atoms with E-state index < -0.39 is 9.84 Å². The Kier molecular flexibility index (Phi) is 6.35. The van der Waals surface area contributed by atoms with E-state index in [0.717, 1.165) is 0 Å². The van der Waals surface area contributed by atoms with Crippen LogP contribution < -0.4 is 5.73 Å². The van der Waals surface area contributed by atoms with E-state index in [1.165, 1.54) is 6.26 Å². The van der Waals surface area contributed by atoms with Gasteiger partial charge in [0.1, 0.15) is 15.7 Å². The predicted molar refractivity (Wildman–Crippen MR) is 64.4 cm³/mol. The summed E-state index contributed by atoms with van der Waals surface area (Å²) in [5.74, 6) is 0.371. The summed E-state index contributed by atoms with van der Waals surface area (Å²) in [7, 11) is -1.00. The summed E-state index contributed by atoms with van der Waals surface area (Å²) >= 11 is 0. The van der Waals surface area contributed by atoms with Gasteiger partial charge in [-0.2, -0.15) is 0 Å². The van der Waals surface area contributed by atoms with Crippen molar-refractivity contribution in [3.8, 4) is 0 Å². The number of nitrogens with two attached hydrogens (primary N) is 1. The zero-order valence-corrected chi connectivity index (χ0v) is 10.9. The summed E-state index contributed by atoms with van der Waals surface area (Å²) < 4.78 is 21.8. The van der Waals surface area contributed by atoms with Crippen LogP contribution in [0.1, 0.15) is 19.8 Å². The van der Waals surface area contributed by atoms with Crippen molar-refractivity contribution in [2.24, 2.45) is 10.9 Å². The Morgan fingerprint density at radius 3 is 2.56 bits per heavy atom. The molecule has 6 nitrogen and oxygen atoms in total. The molecular formula is C9H21N3O3S. The molecule has 0 aromatic rings. The second kappa shape index (κ2) is 6.70. The zero-order valence-electron chi connectivity index (χ0n) is 10.0. The Bertz CT molecular complexity index is 327. The van der Waals surface area contributed by atoms with E-state index in [9.17, 15) is 8.42 Å². The van der Waals surface area contributed by atoms with Crippen LogP contribution in [0.2, 0.25) is 0 Å². The fourth-order valence-corrected chi connectivity index (χ4v) is 1.95. The zero-order chi connectivity index (χ0) is 12.8. The number of amidine groups is 1. The molecular weight excluding hydrogens is 230 g/mol. The first kappa shape index (κ1) is 15.2. The number of nitrogens with zero attached hydrogens (tertiary/aromatic N) is 2. The molecule has 0 aromatic heterocycles. The second-order valence-corrected chi connectivity index (χ2v) is 6.37. The molecule has 96 valence electrons. The van der Waals surface area contributed by atoms with E-state index in [1.54, 1.807) is 0 Å². The third kappa shape index (κ3) is 7.47. The van der Waals surface area contributed by atoms with Crippen LogP contribution in [0.4, 0.5) is 0 Å². The lowest BCUT2D eigenvalue weighted by atomic mass is 10.2. The van der Waals surface area contributed by atoms with Gasteiger partial charge in [-0.1, -0.05) is 5.16 Å². The van der Waals surface area contributed by atoms with Crippen molar-refractivity contribution in [1.29, 1.82) is 0 Å². The van der Waals surface area contributed by atoms with Crippen molar-refractivity contribution in [3.05, 3.63) is 0 Å². The van der Waals surface area contributed by atoms with Crippen LogP contribution in [0.15, 0.2) is 5.16 Å². The third-order valence-electron chi connectivity index (χ3n) is 2.41. The van der Waals surface area contributed by atoms with Gasteiger partial charge in [0.05, 0.1) is 5.75 Å². The van der Waals surface area contributed by atoms with Gasteiger partial charge in [0.15, 0.2) is 0 Å². The largest absolute Gasteiger partial charge is 0.409 e. The molecule has 0 saturated heterocycles. The van der Waals surface area contributed by atoms with E-state index in [2.05, 4.69) is 5.16 Å². The fraction of sp³-hybridized carbons (Fsp3) is 0.889. The lowest BCUT2D eigenvalue weighted by molar-refractivity contribution is 0.259. The van der Waals surface area contributed by atoms with Crippen LogP contribution in [0.5, 0.6) is 0 Å². The maximum absolute atomic E-state index is 10.9. The average Bonchev–Trinajstić information content (AvgIpc) is 2.15. The van der Waals surface area contributed by atoms with Gasteiger partial charge in [-0.05, 0) is 26.9 Å². The van der Waals surface area contributed by atoms with Gasteiger partial charge in [0, 0.05) is 18.7 Å². The summed E-state index contributed by atoms with van der Waals surface area (Å²) in [5.41, 5.74) is 5.39. The highest BCUT2D eigenvalue weighted by Gasteiger charge is 2.11. The molecule has 0 aliphatic carbocycles. The quantitative estimate of drug-likeness (QED) is 0.284. The summed E-state index contributed by atoms with van der Waals surface area (Å²) in [6.45, 7) is 2.62. The van der Waals surface area contributed by atoms with Gasteiger partial charge >= 0.3 is 0 Å². The minimum Gasteiger partial charge on any atom is -0.409 e. The van der Waals surface area contributed by atoms with Crippen molar-refractivity contribution < 1.29 is 13.6 Å². The molecule has 0 amide bonds. The highest BCUT2D eigenvalue weighted by Crippen LogP contribution is 2.02. The van der Waals surface area contributed by atoms with Crippen LogP contribution in [0, 0.1) is 0 Å². The minimum absolute atomic E-state index is 0.121. The van der Waals surface area contributed by atoms with Crippen molar-refractivity contribution in [2.75, 3.05) is 25.6 Å². The van der Waals surface area contributed by atoms with Gasteiger partial charge in [0.25, 0.3) is 0 Å². The third-order valence-corrected chi connectivity index (χ3v) is 3.44. The molecule has 3 N–H and O–H groups in total. The highest BCUT2D eigenvalue weighted by molar-refractivity contribution is 7.90. The van der Waals surface area contributed by atoms with E-state index in [-0.39, 0.29) is 17.6 Å². The van der Waals surface area contributed by atoms with Gasteiger partial charge in [-0.3, -0.25) is 0 Å². The van der Waals surface area contributed by atoms with Gasteiger partial charge < -0.3 is 15.8 Å². The molecule has 0 spiro atoms. The number of hydrogen-bond donors (Lipinski definition) is 2. The molecule has 1 unspecified atom stereocenters. The molecule has 0 aromatic carbocycles. The first-order valence-corrected chi connectivity index (χ1v) is 7.16. The lowest BCUT2D eigenvalue weighted by Gasteiger charge is -2.23. The molecule has 0 aliphatic heterocycles. The van der Waals surface area contributed by atoms with Crippen molar-refractivity contribution >= 4 is 15.7 Å². The molecule has 16 heavy (non-hydrogen) atoms. The molecule has 0 bridgehead atoms. The second-order valence-electron chi connectivity index (χ2n) is 4.11. The first-order valence-electron chi connectivity index (χ1n) is 5.10. The maximum Gasteiger partial charge on any atom is 0.147 e. The van der Waals surface area contributed by atoms with E-state index >= 15 is 0 Å². The smallest absolute Gasteiger partial charge is 0.147 e. The monoisotopic (exact) mass is 251 g/mol. The number of oxime groups is 1. The van der Waals surface area contributed by atoms with E-state index in [1.807, 2.05) is 18.9 Å². The van der Waals surface area contributed by atoms with Gasteiger partial charge in [-0.15, -0.1) is 0 Å². The molecule has 7 heteroatoms. The Balaban J connectivity index is 3.93. The van der Waals surface area contributed by atoms with Crippen molar-refractivity contribution in [1.82, 2.24) is 4.90 Å². The van der Waals surface area contributed by atoms with Crippen molar-refractivity contribution in [3.63, 3.8) is 0 Å². The molecule has 0 radical (unpaired) electrons. The first-order chi connectivity index (χ1) is 7.26. The number of rotatable bonds is 7. The molecule has 0 rings (SSSR count). The van der Waals surface area contributed by atoms with Gasteiger partial charge in [-0.25, -0.2) is 8.42 Å². The summed E-state index contributed by atoms with van der Waals surface area (Å²) in [5, 5.41) is 11.3. The van der Waals surface area contributed by atoms with Crippen molar-refractivity contribution in [2.45, 2.75) is 25.8 Å². The summed E-state index contributed by atoms with van der Waals surface area (Å²) in [6.07, 6.45) is 2.29. The minimum atomic E-state index is -2.89. The Morgan fingerprint density at radius 2 is 2.12 bits per heavy atom. The van der Waals surface area contributed by atoms with Gasteiger partial charge in [0.2, 0.25) is 0 Å². The fourth-order valence-electron chi connectivity index (χ4n) is 1.30.